The number of nitrogens with zero attached hydrogens (tertiary/aromatic N) is 4. The Balaban J connectivity index is 0.000000176. The van der Waals surface area contributed by atoms with Crippen molar-refractivity contribution in [3.05, 3.63) is 308 Å². The highest BCUT2D eigenvalue weighted by molar-refractivity contribution is 5.81. The molecular formula is C104H124N4+4. The van der Waals surface area contributed by atoms with E-state index in [4.69, 9.17) is 41.1 Å². The summed E-state index contributed by atoms with van der Waals surface area (Å²) in [5, 5.41) is 0. The zero-order valence-electron chi connectivity index (χ0n) is 95.0. The van der Waals surface area contributed by atoms with Crippen LogP contribution in [0.25, 0.3) is 89.5 Å². The first kappa shape index (κ1) is 48.7. The molecule has 12 aromatic rings. The Hall–Kier alpha value is -9.64. The molecular weight excluding hydrogens is 1310 g/mol. The number of benzene rings is 8. The smallest absolute Gasteiger partial charge is 0.201 e. The maximum Gasteiger partial charge on any atom is 0.212 e. The molecule has 0 unspecified atom stereocenters. The van der Waals surface area contributed by atoms with E-state index in [2.05, 4.69) is 6.07 Å². The molecule has 0 amide bonds. The number of pyridine rings is 4. The van der Waals surface area contributed by atoms with Crippen LogP contribution in [0, 0.1) is 93.8 Å². The Kier molecular flexibility index (Phi) is 15.9. The van der Waals surface area contributed by atoms with Crippen molar-refractivity contribution < 1.29 is 59.4 Å². The molecule has 0 aliphatic heterocycles. The van der Waals surface area contributed by atoms with Gasteiger partial charge in [-0.25, -0.2) is 18.3 Å². The van der Waals surface area contributed by atoms with Crippen LogP contribution in [0.4, 0.5) is 0 Å². The summed E-state index contributed by atoms with van der Waals surface area (Å²) in [6, 6.07) is 55.6. The molecule has 14 rings (SSSR count). The van der Waals surface area contributed by atoms with Gasteiger partial charge in [-0.3, -0.25) is 0 Å². The largest absolute Gasteiger partial charge is 0.212 e. The summed E-state index contributed by atoms with van der Waals surface area (Å²) in [4.78, 5) is 0. The molecule has 0 spiro atoms. The molecule has 0 saturated heterocycles. The normalized spacial score (nSPS) is 19.1. The van der Waals surface area contributed by atoms with Crippen molar-refractivity contribution in [1.82, 2.24) is 0 Å². The fraction of sp³-hybridized carbons (Fsp3) is 0.346. The van der Waals surface area contributed by atoms with Crippen LogP contribution >= 0.6 is 0 Å². The van der Waals surface area contributed by atoms with Crippen molar-refractivity contribution in [2.75, 3.05) is 0 Å². The number of rotatable bonds is 13. The van der Waals surface area contributed by atoms with Gasteiger partial charge >= 0.3 is 0 Å². The summed E-state index contributed by atoms with van der Waals surface area (Å²) in [6.07, 6.45) is 12.1. The minimum atomic E-state index is -2.45. The van der Waals surface area contributed by atoms with E-state index in [0.29, 0.717) is 108 Å². The molecule has 0 bridgehead atoms. The molecule has 556 valence electrons. The third-order valence-electron chi connectivity index (χ3n) is 20.5. The van der Waals surface area contributed by atoms with Gasteiger partial charge in [-0.15, -0.1) is 0 Å². The molecule has 4 aromatic heterocycles. The Morgan fingerprint density at radius 3 is 1.20 bits per heavy atom. The molecule has 2 aliphatic rings. The molecule has 4 nitrogen and oxygen atoms in total. The minimum absolute atomic E-state index is 0.0827. The van der Waals surface area contributed by atoms with Crippen molar-refractivity contribution >= 4 is 0 Å². The van der Waals surface area contributed by atoms with E-state index < -0.39 is 84.8 Å². The van der Waals surface area contributed by atoms with Gasteiger partial charge in [0, 0.05) is 111 Å². The van der Waals surface area contributed by atoms with Gasteiger partial charge < -0.3 is 0 Å². The Bertz CT molecular complexity index is 6460. The molecule has 2 saturated carbocycles. The second-order valence-electron chi connectivity index (χ2n) is 30.3. The van der Waals surface area contributed by atoms with Crippen molar-refractivity contribution in [2.45, 2.75) is 199 Å². The molecule has 4 heteroatoms. The zero-order valence-corrected chi connectivity index (χ0v) is 65.0. The van der Waals surface area contributed by atoms with Gasteiger partial charge in [-0.05, 0) is 296 Å². The number of aromatic nitrogens is 4. The topological polar surface area (TPSA) is 15.5 Å². The van der Waals surface area contributed by atoms with Gasteiger partial charge in [0.2, 0.25) is 22.8 Å². The first-order valence-electron chi connectivity index (χ1n) is 52.5. The summed E-state index contributed by atoms with van der Waals surface area (Å²) in [6.45, 7) is -2.36. The fourth-order valence-electron chi connectivity index (χ4n) is 14.8. The van der Waals surface area contributed by atoms with Crippen LogP contribution in [-0.4, -0.2) is 0 Å². The highest BCUT2D eigenvalue weighted by Gasteiger charge is 2.27. The standard InChI is InChI=1S/C27H32N.C26H30N.C26H32N.C25H30N/c1-19-10-8-9-13-24(19)25-18-26(21(3)16-20(25)2)27-17-23(14-15-28(27)4)22-11-6-5-7-12-22;1-18-9-5-8-12-23(18)22-14-13-19(2)25(15-22)26-16-24(20(3)17-27(26)4)21-10-6-7-11-21;1-18-10-8-9-11-22(18)23-16-24(20(3)14-19(23)2)25-15-21(12-13-27(25)7)17-26(4,5)6;1-17(2)13-21-11-12-26(6)25(15-21)24-16-23(19(4)14-20(24)5)22-10-8-7-9-18(22)3/h8-10,13-18,22H,5-7,11-12H2,1-4H3;5,8-9,12-17,21H,6-7,10-11H2,1-4H3;8-16H,17H2,1-7H3;7-12,14-17H,13H2,1-6H3/q4*+1/i1D3,2D3,22D;1D3,3D3,21D;1D3,2D3,17D2;3D3,4D3,13D2. The third kappa shape index (κ3) is 19.1. The number of aryl methyl sites for hydroxylation is 16. The fourth-order valence-corrected chi connectivity index (χ4v) is 14.8. The molecule has 0 atom stereocenters. The Morgan fingerprint density at radius 1 is 0.352 bits per heavy atom. The van der Waals surface area contributed by atoms with Crippen LogP contribution in [-0.2, 0) is 40.9 Å². The summed E-state index contributed by atoms with van der Waals surface area (Å²) in [5.74, 6) is -1.77. The lowest BCUT2D eigenvalue weighted by molar-refractivity contribution is -0.660. The summed E-state index contributed by atoms with van der Waals surface area (Å²) < 4.78 is 253. The average Bonchev–Trinajstić information content (AvgIpc) is 1.03. The monoisotopic (exact) mass is 1460 g/mol. The molecule has 2 aliphatic carbocycles. The Labute approximate surface area is 693 Å². The van der Waals surface area contributed by atoms with E-state index >= 15 is 0 Å². The van der Waals surface area contributed by atoms with Crippen molar-refractivity contribution in [2.24, 2.45) is 39.5 Å². The lowest BCUT2D eigenvalue weighted by Crippen LogP contribution is -2.32. The minimum Gasteiger partial charge on any atom is -0.201 e. The maximum absolute atomic E-state index is 9.09. The first-order chi connectivity index (χ1) is 63.5. The van der Waals surface area contributed by atoms with E-state index in [-0.39, 0.29) is 44.9 Å². The van der Waals surface area contributed by atoms with E-state index in [1.165, 1.54) is 12.1 Å². The molecule has 0 radical (unpaired) electrons. The summed E-state index contributed by atoms with van der Waals surface area (Å²) in [5.41, 5.74) is 16.1. The van der Waals surface area contributed by atoms with Gasteiger partial charge in [-0.2, -0.15) is 0 Å². The number of hydrogen-bond donors (Lipinski definition) is 0. The van der Waals surface area contributed by atoms with Gasteiger partial charge in [0.25, 0.3) is 0 Å². The zero-order chi connectivity index (χ0) is 103. The first-order valence-corrected chi connectivity index (χ1v) is 37.5. The summed E-state index contributed by atoms with van der Waals surface area (Å²) >= 11 is 0. The Morgan fingerprint density at radius 2 is 0.741 bits per heavy atom. The van der Waals surface area contributed by atoms with Crippen LogP contribution in [0.1, 0.15) is 234 Å². The lowest BCUT2D eigenvalue weighted by Gasteiger charge is -2.22. The predicted molar refractivity (Wildman–Crippen MR) is 460 cm³/mol. The van der Waals surface area contributed by atoms with Gasteiger partial charge in [0.15, 0.2) is 24.8 Å². The second kappa shape index (κ2) is 35.2. The van der Waals surface area contributed by atoms with Gasteiger partial charge in [0.1, 0.15) is 28.2 Å². The lowest BCUT2D eigenvalue weighted by atomic mass is 9.83. The quantitative estimate of drug-likeness (QED) is 0.102. The van der Waals surface area contributed by atoms with Crippen LogP contribution in [0.5, 0.6) is 0 Å². The van der Waals surface area contributed by atoms with Crippen LogP contribution in [0.2, 0.25) is 0 Å². The molecule has 2 fully saturated rings. The van der Waals surface area contributed by atoms with Crippen molar-refractivity contribution in [1.29, 1.82) is 0 Å². The SMILES string of the molecule is [2H]C([2H])([2H])c1ccccc1-c1cc(-c2cc(C([2H])([2H])C(C)(C)C)cc[n+]2C)c(C)cc1C([2H])([2H])[2H].[2H]C([2H])([2H])c1ccccc1-c1cc(-c2cc(C([2H])([2H])C(C)C)cc[n+]2C)c(C)cc1C([2H])([2H])[2H].[2H]C([2H])([2H])c1ccccc1-c1cc(-c2cc(C3([2H])CCCCC3)cc[n+]2C)c(C)cc1C([2H])([2H])[2H].[2H]C([2H])([2H])c1ccccc1-c1ccc(C)c(-c2cc(C3([2H])CCCC3)c(C([2H])([2H])[2H])c[n+]2C)c1. The van der Waals surface area contributed by atoms with Crippen LogP contribution in [0.15, 0.2) is 219 Å². The van der Waals surface area contributed by atoms with Crippen LogP contribution < -0.4 is 18.3 Å². The third-order valence-corrected chi connectivity index (χ3v) is 20.5. The van der Waals surface area contributed by atoms with Crippen LogP contribution in [0.3, 0.4) is 0 Å². The highest BCUT2D eigenvalue weighted by Crippen LogP contribution is 2.41. The van der Waals surface area contributed by atoms with E-state index in [0.717, 1.165) is 89.7 Å². The highest BCUT2D eigenvalue weighted by atomic mass is 14.9. The van der Waals surface area contributed by atoms with E-state index in [1.807, 2.05) is 164 Å². The summed E-state index contributed by atoms with van der Waals surface area (Å²) in [7, 11) is 7.45. The van der Waals surface area contributed by atoms with Crippen molar-refractivity contribution in [3.8, 4) is 89.5 Å². The predicted octanol–water partition coefficient (Wildman–Crippen LogP) is 25.6. The van der Waals surface area contributed by atoms with Gasteiger partial charge in [-0.1, -0.05) is 194 Å². The van der Waals surface area contributed by atoms with Gasteiger partial charge in [0.05, 0.1) is 0 Å². The molecule has 108 heavy (non-hydrogen) atoms. The number of hydrogen-bond acceptors (Lipinski definition) is 0. The van der Waals surface area contributed by atoms with Crippen molar-refractivity contribution in [3.63, 3.8) is 0 Å². The molecule has 0 N–H and O–H groups in total. The average molecular weight is 1460 g/mol. The second-order valence-corrected chi connectivity index (χ2v) is 30.3. The van der Waals surface area contributed by atoms with E-state index in [1.54, 1.807) is 146 Å². The molecule has 8 aromatic carbocycles. The molecule has 4 heterocycles. The van der Waals surface area contributed by atoms with E-state index in [9.17, 15) is 0 Å². The maximum atomic E-state index is 9.09.